The maximum absolute atomic E-state index is 9.81. The van der Waals surface area contributed by atoms with E-state index in [4.69, 9.17) is 4.74 Å². The van der Waals surface area contributed by atoms with Crippen LogP contribution in [0.25, 0.3) is 0 Å². The maximum atomic E-state index is 9.81. The first-order valence-electron chi connectivity index (χ1n) is 3.76. The van der Waals surface area contributed by atoms with Gasteiger partial charge < -0.3 is 15.2 Å². The largest absolute Gasteiger partial charge is 0.387 e. The quantitative estimate of drug-likeness (QED) is 0.474. The normalized spacial score (nSPS) is 53.4. The molecule has 0 aliphatic carbocycles. The van der Waals surface area contributed by atoms with Crippen molar-refractivity contribution in [3.63, 3.8) is 0 Å². The van der Waals surface area contributed by atoms with Gasteiger partial charge in [0.25, 0.3) is 0 Å². The average molecular weight is 143 g/mol. The third kappa shape index (κ3) is 0.713. The van der Waals surface area contributed by atoms with Crippen LogP contribution < -0.4 is 5.32 Å². The Labute approximate surface area is 60.4 Å². The first-order chi connectivity index (χ1) is 4.71. The minimum Gasteiger partial charge on any atom is -0.387 e. The molecule has 2 aliphatic heterocycles. The van der Waals surface area contributed by atoms with Crippen LogP contribution in [0.1, 0.15) is 6.92 Å². The molecule has 2 fully saturated rings. The molecule has 2 aliphatic rings. The van der Waals surface area contributed by atoms with E-state index in [0.717, 1.165) is 13.1 Å². The van der Waals surface area contributed by atoms with Crippen LogP contribution in [0.15, 0.2) is 0 Å². The number of rotatable bonds is 0. The summed E-state index contributed by atoms with van der Waals surface area (Å²) in [5.74, 6) is 0.297. The van der Waals surface area contributed by atoms with Crippen LogP contribution in [-0.2, 0) is 4.74 Å². The molecule has 3 unspecified atom stereocenters. The topological polar surface area (TPSA) is 41.5 Å². The van der Waals surface area contributed by atoms with E-state index >= 15 is 0 Å². The number of hydrogen-bond acceptors (Lipinski definition) is 3. The summed E-state index contributed by atoms with van der Waals surface area (Å²) in [6, 6.07) is 0. The van der Waals surface area contributed by atoms with Gasteiger partial charge >= 0.3 is 0 Å². The fraction of sp³-hybridized carbons (Fsp3) is 1.00. The Morgan fingerprint density at radius 3 is 3.00 bits per heavy atom. The SMILES string of the molecule is CC1(O)C2CNCC1OC2. The Bertz CT molecular complexity index is 129. The van der Waals surface area contributed by atoms with Crippen molar-refractivity contribution in [2.45, 2.75) is 18.6 Å². The van der Waals surface area contributed by atoms with E-state index in [1.165, 1.54) is 0 Å². The Morgan fingerprint density at radius 2 is 2.40 bits per heavy atom. The molecular weight excluding hydrogens is 130 g/mol. The lowest BCUT2D eigenvalue weighted by molar-refractivity contribution is -0.0496. The van der Waals surface area contributed by atoms with Crippen LogP contribution in [0, 0.1) is 5.92 Å². The highest BCUT2D eigenvalue weighted by atomic mass is 16.5. The summed E-state index contributed by atoms with van der Waals surface area (Å²) < 4.78 is 5.38. The smallest absolute Gasteiger partial charge is 0.0987 e. The number of piperidine rings is 1. The van der Waals surface area contributed by atoms with Crippen molar-refractivity contribution in [1.29, 1.82) is 0 Å². The number of ether oxygens (including phenoxy) is 1. The predicted octanol–water partition coefficient (Wildman–Crippen LogP) is -0.644. The zero-order valence-corrected chi connectivity index (χ0v) is 6.13. The van der Waals surface area contributed by atoms with E-state index in [1.807, 2.05) is 6.92 Å². The molecule has 2 N–H and O–H groups in total. The third-order valence-corrected chi connectivity index (χ3v) is 2.70. The van der Waals surface area contributed by atoms with Gasteiger partial charge in [-0.3, -0.25) is 0 Å². The van der Waals surface area contributed by atoms with Gasteiger partial charge in [-0.25, -0.2) is 0 Å². The number of fused-ring (bicyclic) bond motifs is 2. The van der Waals surface area contributed by atoms with Gasteiger partial charge in [-0.1, -0.05) is 0 Å². The fourth-order valence-electron chi connectivity index (χ4n) is 1.75. The summed E-state index contributed by atoms with van der Waals surface area (Å²) in [6.45, 7) is 4.27. The molecule has 0 aromatic carbocycles. The molecule has 3 heteroatoms. The minimum absolute atomic E-state index is 0.0197. The molecule has 0 aromatic rings. The van der Waals surface area contributed by atoms with Crippen LogP contribution in [0.5, 0.6) is 0 Å². The lowest BCUT2D eigenvalue weighted by atomic mass is 9.85. The molecule has 10 heavy (non-hydrogen) atoms. The molecule has 2 bridgehead atoms. The molecule has 0 radical (unpaired) electrons. The predicted molar refractivity (Wildman–Crippen MR) is 36.7 cm³/mol. The van der Waals surface area contributed by atoms with Crippen LogP contribution in [0.4, 0.5) is 0 Å². The standard InChI is InChI=1S/C7H13NO2/c1-7(9)5-2-8-3-6(7)10-4-5/h5-6,8-9H,2-4H2,1H3. The Hall–Kier alpha value is -0.120. The molecule has 0 aromatic heterocycles. The van der Waals surface area contributed by atoms with Crippen LogP contribution in [-0.4, -0.2) is 36.5 Å². The number of aliphatic hydroxyl groups is 1. The van der Waals surface area contributed by atoms with Crippen molar-refractivity contribution in [3.05, 3.63) is 0 Å². The van der Waals surface area contributed by atoms with Gasteiger partial charge in [-0.15, -0.1) is 0 Å². The number of nitrogens with one attached hydrogen (secondary N) is 1. The first kappa shape index (κ1) is 6.58. The Kier molecular flexibility index (Phi) is 1.27. The summed E-state index contributed by atoms with van der Waals surface area (Å²) >= 11 is 0. The van der Waals surface area contributed by atoms with Gasteiger partial charge in [-0.05, 0) is 6.92 Å². The van der Waals surface area contributed by atoms with Crippen molar-refractivity contribution < 1.29 is 9.84 Å². The van der Waals surface area contributed by atoms with E-state index in [0.29, 0.717) is 12.5 Å². The molecule has 3 atom stereocenters. The second-order valence-electron chi connectivity index (χ2n) is 3.40. The number of hydrogen-bond donors (Lipinski definition) is 2. The van der Waals surface area contributed by atoms with Gasteiger partial charge in [0.2, 0.25) is 0 Å². The highest BCUT2D eigenvalue weighted by molar-refractivity contribution is 5.00. The molecule has 2 rings (SSSR count). The molecule has 3 nitrogen and oxygen atoms in total. The van der Waals surface area contributed by atoms with Gasteiger partial charge in [0.15, 0.2) is 0 Å². The second-order valence-corrected chi connectivity index (χ2v) is 3.40. The summed E-state index contributed by atoms with van der Waals surface area (Å²) in [7, 11) is 0. The molecule has 0 spiro atoms. The van der Waals surface area contributed by atoms with E-state index < -0.39 is 5.60 Å². The van der Waals surface area contributed by atoms with Gasteiger partial charge in [0.05, 0.1) is 18.3 Å². The summed E-state index contributed by atoms with van der Waals surface area (Å²) in [5.41, 5.74) is -0.578. The molecule has 58 valence electrons. The van der Waals surface area contributed by atoms with E-state index in [-0.39, 0.29) is 6.10 Å². The average Bonchev–Trinajstić information content (AvgIpc) is 2.17. The van der Waals surface area contributed by atoms with Crippen LogP contribution >= 0.6 is 0 Å². The van der Waals surface area contributed by atoms with Crippen molar-refractivity contribution in [3.8, 4) is 0 Å². The van der Waals surface area contributed by atoms with Crippen molar-refractivity contribution >= 4 is 0 Å². The highest BCUT2D eigenvalue weighted by Gasteiger charge is 2.48. The van der Waals surface area contributed by atoms with Crippen molar-refractivity contribution in [2.24, 2.45) is 5.92 Å². The fourth-order valence-corrected chi connectivity index (χ4v) is 1.75. The zero-order valence-electron chi connectivity index (χ0n) is 6.13. The van der Waals surface area contributed by atoms with Gasteiger partial charge in [-0.2, -0.15) is 0 Å². The zero-order chi connectivity index (χ0) is 7.19. The minimum atomic E-state index is -0.578. The summed E-state index contributed by atoms with van der Waals surface area (Å²) in [6.07, 6.45) is 0.0197. The van der Waals surface area contributed by atoms with Crippen LogP contribution in [0.3, 0.4) is 0 Å². The summed E-state index contributed by atoms with van der Waals surface area (Å²) in [4.78, 5) is 0. The van der Waals surface area contributed by atoms with Gasteiger partial charge in [0, 0.05) is 19.0 Å². The monoisotopic (exact) mass is 143 g/mol. The Balaban J connectivity index is 2.21. The van der Waals surface area contributed by atoms with E-state index in [1.54, 1.807) is 0 Å². The van der Waals surface area contributed by atoms with Crippen molar-refractivity contribution in [1.82, 2.24) is 5.32 Å². The van der Waals surface area contributed by atoms with E-state index in [2.05, 4.69) is 5.32 Å². The van der Waals surface area contributed by atoms with Crippen molar-refractivity contribution in [2.75, 3.05) is 19.7 Å². The lowest BCUT2D eigenvalue weighted by Gasteiger charge is -2.34. The Morgan fingerprint density at radius 1 is 1.60 bits per heavy atom. The van der Waals surface area contributed by atoms with Gasteiger partial charge in [0.1, 0.15) is 0 Å². The van der Waals surface area contributed by atoms with Crippen LogP contribution in [0.2, 0.25) is 0 Å². The first-order valence-corrected chi connectivity index (χ1v) is 3.76. The molecule has 2 saturated heterocycles. The second kappa shape index (κ2) is 1.94. The third-order valence-electron chi connectivity index (χ3n) is 2.70. The maximum Gasteiger partial charge on any atom is 0.0987 e. The lowest BCUT2D eigenvalue weighted by Crippen LogP contribution is -2.53. The van der Waals surface area contributed by atoms with E-state index in [9.17, 15) is 5.11 Å². The molecule has 0 amide bonds. The highest BCUT2D eigenvalue weighted by Crippen LogP contribution is 2.32. The molecule has 2 heterocycles. The molecule has 0 saturated carbocycles. The summed E-state index contributed by atoms with van der Waals surface area (Å²) in [5, 5.41) is 13.0. The molecular formula is C7H13NO2.